The number of rotatable bonds is 6. The molecular weight excluding hydrogens is 304 g/mol. The first-order valence-corrected chi connectivity index (χ1v) is 7.56. The van der Waals surface area contributed by atoms with E-state index in [0.29, 0.717) is 5.69 Å². The number of H-pyrrole nitrogens is 1. The summed E-state index contributed by atoms with van der Waals surface area (Å²) in [5, 5.41) is 2.50. The number of aromatic nitrogens is 2. The third-order valence-corrected chi connectivity index (χ3v) is 3.30. The van der Waals surface area contributed by atoms with Gasteiger partial charge in [0.25, 0.3) is 5.91 Å². The number of carbonyl (C=O) groups excluding carboxylic acids is 2. The molecule has 0 unspecified atom stereocenters. The number of benzene rings is 1. The Balaban J connectivity index is 2.11. The van der Waals surface area contributed by atoms with E-state index >= 15 is 0 Å². The quantitative estimate of drug-likeness (QED) is 0.710. The first-order chi connectivity index (χ1) is 11.5. The van der Waals surface area contributed by atoms with E-state index in [9.17, 15) is 9.59 Å². The van der Waals surface area contributed by atoms with E-state index in [0.717, 1.165) is 11.3 Å². The van der Waals surface area contributed by atoms with Gasteiger partial charge < -0.3 is 16.0 Å². The maximum atomic E-state index is 12.0. The normalized spacial score (nSPS) is 11.9. The number of primary amides is 1. The Morgan fingerprint density at radius 2 is 1.96 bits per heavy atom. The fourth-order valence-electron chi connectivity index (χ4n) is 2.12. The fraction of sp³-hybridized carbons (Fsp3) is 0.167. The van der Waals surface area contributed by atoms with Crippen LogP contribution in [0, 0.1) is 0 Å². The van der Waals surface area contributed by atoms with Crippen molar-refractivity contribution in [1.82, 2.24) is 15.3 Å². The lowest BCUT2D eigenvalue weighted by atomic mass is 10.1. The monoisotopic (exact) mass is 324 g/mol. The Labute approximate surface area is 140 Å². The van der Waals surface area contributed by atoms with Crippen molar-refractivity contribution >= 4 is 24.0 Å². The number of nitrogens with one attached hydrogen (secondary N) is 2. The summed E-state index contributed by atoms with van der Waals surface area (Å²) in [7, 11) is 0. The van der Waals surface area contributed by atoms with Gasteiger partial charge in [-0.15, -0.1) is 0 Å². The summed E-state index contributed by atoms with van der Waals surface area (Å²) in [6.07, 6.45) is 6.03. The van der Waals surface area contributed by atoms with Gasteiger partial charge in [-0.2, -0.15) is 0 Å². The zero-order chi connectivity index (χ0) is 17.5. The lowest BCUT2D eigenvalue weighted by molar-refractivity contribution is -0.119. The number of hydrogen-bond acceptors (Lipinski definition) is 3. The minimum atomic E-state index is -0.705. The largest absolute Gasteiger partial charge is 0.364 e. The molecule has 4 N–H and O–H groups in total. The van der Waals surface area contributed by atoms with Gasteiger partial charge >= 0.3 is 0 Å². The second-order valence-corrected chi connectivity index (χ2v) is 5.51. The van der Waals surface area contributed by atoms with Crippen molar-refractivity contribution in [2.24, 2.45) is 5.73 Å². The number of carbonyl (C=O) groups is 2. The highest BCUT2D eigenvalue weighted by Crippen LogP contribution is 2.16. The van der Waals surface area contributed by atoms with Crippen LogP contribution in [0.25, 0.3) is 12.2 Å². The van der Waals surface area contributed by atoms with E-state index in [1.807, 2.05) is 44.2 Å². The minimum Gasteiger partial charge on any atom is -0.364 e. The van der Waals surface area contributed by atoms with Crippen LogP contribution >= 0.6 is 0 Å². The highest BCUT2D eigenvalue weighted by Gasteiger charge is 2.10. The van der Waals surface area contributed by atoms with Gasteiger partial charge in [0, 0.05) is 11.8 Å². The van der Waals surface area contributed by atoms with Crippen molar-refractivity contribution < 1.29 is 9.59 Å². The molecule has 1 aromatic carbocycles. The maximum Gasteiger partial charge on any atom is 0.265 e. The van der Waals surface area contributed by atoms with Crippen LogP contribution in [0.2, 0.25) is 0 Å². The summed E-state index contributed by atoms with van der Waals surface area (Å²) < 4.78 is 0. The van der Waals surface area contributed by atoms with Crippen LogP contribution in [0.15, 0.2) is 48.4 Å². The zero-order valence-electron chi connectivity index (χ0n) is 13.6. The van der Waals surface area contributed by atoms with E-state index in [4.69, 9.17) is 5.73 Å². The number of aromatic amines is 1. The number of nitrogens with two attached hydrogens (primary N) is 1. The lowest BCUT2D eigenvalue weighted by Crippen LogP contribution is -2.29. The molecule has 2 rings (SSSR count). The van der Waals surface area contributed by atoms with E-state index in [1.54, 1.807) is 12.4 Å². The molecule has 0 aliphatic carbocycles. The second-order valence-electron chi connectivity index (χ2n) is 5.51. The van der Waals surface area contributed by atoms with Crippen molar-refractivity contribution in [3.05, 3.63) is 65.4 Å². The number of amides is 2. The van der Waals surface area contributed by atoms with Gasteiger partial charge in [-0.1, -0.05) is 44.2 Å². The molecule has 0 radical (unpaired) electrons. The first kappa shape index (κ1) is 17.2. The predicted molar refractivity (Wildman–Crippen MR) is 93.5 cm³/mol. The molecule has 0 saturated carbocycles. The van der Waals surface area contributed by atoms with E-state index in [1.165, 1.54) is 12.2 Å². The lowest BCUT2D eigenvalue weighted by Gasteiger charge is -2.05. The molecule has 0 saturated heterocycles. The van der Waals surface area contributed by atoms with Crippen LogP contribution in [0.3, 0.4) is 0 Å². The molecule has 6 nitrogen and oxygen atoms in total. The maximum absolute atomic E-state index is 12.0. The molecule has 0 aliphatic rings. The first-order valence-electron chi connectivity index (χ1n) is 7.56. The van der Waals surface area contributed by atoms with Crippen LogP contribution in [0.1, 0.15) is 36.7 Å². The van der Waals surface area contributed by atoms with Gasteiger partial charge in [0.15, 0.2) is 0 Å². The summed E-state index contributed by atoms with van der Waals surface area (Å²) in [5.41, 5.74) is 7.75. The van der Waals surface area contributed by atoms with Crippen molar-refractivity contribution in [1.29, 1.82) is 0 Å². The summed E-state index contributed by atoms with van der Waals surface area (Å²) in [6, 6.07) is 9.14. The van der Waals surface area contributed by atoms with E-state index in [2.05, 4.69) is 15.3 Å². The SMILES string of the molecule is CC(C)c1[nH]cnc1C=CC(=O)NC(=Cc1ccccc1)C(N)=O. The summed E-state index contributed by atoms with van der Waals surface area (Å²) >= 11 is 0. The number of hydrogen-bond donors (Lipinski definition) is 3. The van der Waals surface area contributed by atoms with Gasteiger partial charge in [0.1, 0.15) is 5.70 Å². The molecule has 24 heavy (non-hydrogen) atoms. The van der Waals surface area contributed by atoms with Gasteiger partial charge in [-0.05, 0) is 23.6 Å². The minimum absolute atomic E-state index is 0.0296. The Morgan fingerprint density at radius 3 is 2.58 bits per heavy atom. The highest BCUT2D eigenvalue weighted by atomic mass is 16.2. The third-order valence-electron chi connectivity index (χ3n) is 3.30. The molecule has 0 bridgehead atoms. The van der Waals surface area contributed by atoms with Crippen LogP contribution in [0.5, 0.6) is 0 Å². The summed E-state index contributed by atoms with van der Waals surface area (Å²) in [5.74, 6) is -0.897. The second kappa shape index (κ2) is 7.92. The molecule has 6 heteroatoms. The zero-order valence-corrected chi connectivity index (χ0v) is 13.6. The van der Waals surface area contributed by atoms with Crippen LogP contribution in [0.4, 0.5) is 0 Å². The smallest absolute Gasteiger partial charge is 0.265 e. The van der Waals surface area contributed by atoms with Crippen molar-refractivity contribution in [3.8, 4) is 0 Å². The van der Waals surface area contributed by atoms with Crippen LogP contribution < -0.4 is 11.1 Å². The highest BCUT2D eigenvalue weighted by molar-refractivity contribution is 6.03. The molecule has 2 amide bonds. The number of nitrogens with zero attached hydrogens (tertiary/aromatic N) is 1. The molecule has 2 aromatic rings. The standard InChI is InChI=1S/C18H20N4O2/c1-12(2)17-14(20-11-21-17)8-9-16(23)22-15(18(19)24)10-13-6-4-3-5-7-13/h3-12H,1-2H3,(H2,19,24)(H,20,21)(H,22,23). The molecule has 1 heterocycles. The average Bonchev–Trinajstić information content (AvgIpc) is 3.02. The Bertz CT molecular complexity index is 773. The Hall–Kier alpha value is -3.15. The number of imidazole rings is 1. The topological polar surface area (TPSA) is 101 Å². The molecule has 124 valence electrons. The Kier molecular flexibility index (Phi) is 5.68. The van der Waals surface area contributed by atoms with Crippen molar-refractivity contribution in [2.75, 3.05) is 0 Å². The molecule has 0 aliphatic heterocycles. The predicted octanol–water partition coefficient (Wildman–Crippen LogP) is 2.19. The molecular formula is C18H20N4O2. The van der Waals surface area contributed by atoms with Gasteiger partial charge in [0.05, 0.1) is 12.0 Å². The van der Waals surface area contributed by atoms with Crippen LogP contribution in [-0.2, 0) is 9.59 Å². The summed E-state index contributed by atoms with van der Waals surface area (Å²) in [6.45, 7) is 4.05. The van der Waals surface area contributed by atoms with Crippen molar-refractivity contribution in [3.63, 3.8) is 0 Å². The fourth-order valence-corrected chi connectivity index (χ4v) is 2.12. The molecule has 0 fully saturated rings. The van der Waals surface area contributed by atoms with Gasteiger partial charge in [-0.3, -0.25) is 9.59 Å². The van der Waals surface area contributed by atoms with Gasteiger partial charge in [0.2, 0.25) is 5.91 Å². The van der Waals surface area contributed by atoms with Crippen LogP contribution in [-0.4, -0.2) is 21.8 Å². The Morgan fingerprint density at radius 1 is 1.25 bits per heavy atom. The molecule has 0 atom stereocenters. The molecule has 0 spiro atoms. The molecule has 1 aromatic heterocycles. The summed E-state index contributed by atoms with van der Waals surface area (Å²) in [4.78, 5) is 30.8. The van der Waals surface area contributed by atoms with E-state index < -0.39 is 11.8 Å². The average molecular weight is 324 g/mol. The van der Waals surface area contributed by atoms with E-state index in [-0.39, 0.29) is 11.6 Å². The van der Waals surface area contributed by atoms with Gasteiger partial charge in [-0.25, -0.2) is 4.98 Å². The third kappa shape index (κ3) is 4.67. The van der Waals surface area contributed by atoms with Crippen molar-refractivity contribution in [2.45, 2.75) is 19.8 Å².